The standard InChI is InChI=1S/C9H4F5NO2/c10-8(11)16-6-1-5(4-15)2-7(3-6)17-9(12,13)14/h1-3,8H. The molecule has 0 N–H and O–H groups in total. The molecule has 0 heterocycles. The molecule has 0 unspecified atom stereocenters. The van der Waals surface area contributed by atoms with Gasteiger partial charge in [-0.1, -0.05) is 0 Å². The molecule has 0 radical (unpaired) electrons. The van der Waals surface area contributed by atoms with Crippen molar-refractivity contribution in [2.24, 2.45) is 0 Å². The van der Waals surface area contributed by atoms with Crippen molar-refractivity contribution >= 4 is 0 Å². The van der Waals surface area contributed by atoms with Gasteiger partial charge < -0.3 is 9.47 Å². The van der Waals surface area contributed by atoms with Gasteiger partial charge in [-0.15, -0.1) is 13.2 Å². The van der Waals surface area contributed by atoms with Crippen LogP contribution in [0.25, 0.3) is 0 Å². The van der Waals surface area contributed by atoms with Gasteiger partial charge in [0.1, 0.15) is 11.5 Å². The molecule has 1 rings (SSSR count). The summed E-state index contributed by atoms with van der Waals surface area (Å²) in [4.78, 5) is 0. The number of halogens is 5. The third kappa shape index (κ3) is 4.55. The van der Waals surface area contributed by atoms with E-state index in [-0.39, 0.29) is 5.56 Å². The zero-order valence-corrected chi connectivity index (χ0v) is 7.96. The maximum absolute atomic E-state index is 11.9. The predicted octanol–water partition coefficient (Wildman–Crippen LogP) is 3.06. The van der Waals surface area contributed by atoms with Crippen molar-refractivity contribution in [1.82, 2.24) is 0 Å². The summed E-state index contributed by atoms with van der Waals surface area (Å²) in [6.45, 7) is -3.21. The first-order valence-electron chi connectivity index (χ1n) is 4.06. The number of benzene rings is 1. The highest BCUT2D eigenvalue weighted by Crippen LogP contribution is 2.28. The average Bonchev–Trinajstić information content (AvgIpc) is 2.13. The van der Waals surface area contributed by atoms with Gasteiger partial charge in [-0.05, 0) is 12.1 Å². The minimum absolute atomic E-state index is 0.289. The van der Waals surface area contributed by atoms with E-state index in [1.807, 2.05) is 0 Å². The third-order valence-electron chi connectivity index (χ3n) is 1.47. The zero-order chi connectivity index (χ0) is 13.1. The molecular formula is C9H4F5NO2. The summed E-state index contributed by atoms with van der Waals surface area (Å²) in [7, 11) is 0. The van der Waals surface area contributed by atoms with E-state index in [2.05, 4.69) is 9.47 Å². The van der Waals surface area contributed by atoms with Crippen LogP contribution in [0.5, 0.6) is 11.5 Å². The van der Waals surface area contributed by atoms with E-state index in [4.69, 9.17) is 5.26 Å². The summed E-state index contributed by atoms with van der Waals surface area (Å²) in [5.74, 6) is -1.38. The molecule has 0 aromatic heterocycles. The molecule has 0 spiro atoms. The van der Waals surface area contributed by atoms with Crippen molar-refractivity contribution in [3.05, 3.63) is 23.8 Å². The molecular weight excluding hydrogens is 249 g/mol. The van der Waals surface area contributed by atoms with Crippen molar-refractivity contribution in [3.63, 3.8) is 0 Å². The Bertz CT molecular complexity index is 438. The lowest BCUT2D eigenvalue weighted by Gasteiger charge is -2.11. The monoisotopic (exact) mass is 253 g/mol. The molecule has 3 nitrogen and oxygen atoms in total. The van der Waals surface area contributed by atoms with E-state index in [1.165, 1.54) is 6.07 Å². The fourth-order valence-electron chi connectivity index (χ4n) is 1.000. The number of nitrogens with zero attached hydrogens (tertiary/aromatic N) is 1. The van der Waals surface area contributed by atoms with Crippen LogP contribution >= 0.6 is 0 Å². The topological polar surface area (TPSA) is 42.2 Å². The van der Waals surface area contributed by atoms with E-state index < -0.39 is 24.5 Å². The van der Waals surface area contributed by atoms with E-state index in [1.54, 1.807) is 0 Å². The zero-order valence-electron chi connectivity index (χ0n) is 7.96. The van der Waals surface area contributed by atoms with Gasteiger partial charge in [0.25, 0.3) is 0 Å². The quantitative estimate of drug-likeness (QED) is 0.777. The van der Waals surface area contributed by atoms with Crippen LogP contribution in [0.15, 0.2) is 18.2 Å². The average molecular weight is 253 g/mol. The lowest BCUT2D eigenvalue weighted by molar-refractivity contribution is -0.274. The second-order valence-electron chi connectivity index (χ2n) is 2.73. The smallest absolute Gasteiger partial charge is 0.435 e. The summed E-state index contributed by atoms with van der Waals surface area (Å²) in [6, 6.07) is 3.73. The number of hydrogen-bond donors (Lipinski definition) is 0. The Morgan fingerprint density at radius 1 is 1.12 bits per heavy atom. The van der Waals surface area contributed by atoms with E-state index in [9.17, 15) is 22.0 Å². The van der Waals surface area contributed by atoms with Crippen LogP contribution in [0.2, 0.25) is 0 Å². The molecule has 92 valence electrons. The highest BCUT2D eigenvalue weighted by atomic mass is 19.4. The number of rotatable bonds is 3. The maximum atomic E-state index is 11.9. The van der Waals surface area contributed by atoms with Crippen LogP contribution in [0.3, 0.4) is 0 Å². The van der Waals surface area contributed by atoms with Crippen LogP contribution in [0.1, 0.15) is 5.56 Å². The first kappa shape index (κ1) is 13.0. The van der Waals surface area contributed by atoms with Gasteiger partial charge in [0.15, 0.2) is 0 Å². The Morgan fingerprint density at radius 2 is 1.71 bits per heavy atom. The van der Waals surface area contributed by atoms with Gasteiger partial charge in [-0.2, -0.15) is 14.0 Å². The lowest BCUT2D eigenvalue weighted by Crippen LogP contribution is -2.17. The minimum atomic E-state index is -4.98. The van der Waals surface area contributed by atoms with Crippen molar-refractivity contribution in [3.8, 4) is 17.6 Å². The molecule has 8 heteroatoms. The van der Waals surface area contributed by atoms with Gasteiger partial charge in [0.2, 0.25) is 0 Å². The largest absolute Gasteiger partial charge is 0.573 e. The SMILES string of the molecule is N#Cc1cc(OC(F)F)cc(OC(F)(F)F)c1. The Morgan fingerprint density at radius 3 is 2.18 bits per heavy atom. The summed E-state index contributed by atoms with van der Waals surface area (Å²) in [5.41, 5.74) is -0.289. The molecule has 0 bridgehead atoms. The van der Waals surface area contributed by atoms with Crippen molar-refractivity contribution in [2.75, 3.05) is 0 Å². The molecule has 0 aliphatic heterocycles. The fourth-order valence-corrected chi connectivity index (χ4v) is 1.000. The number of alkyl halides is 5. The molecule has 0 fully saturated rings. The van der Waals surface area contributed by atoms with Crippen molar-refractivity contribution < 1.29 is 31.4 Å². The van der Waals surface area contributed by atoms with Crippen LogP contribution in [0, 0.1) is 11.3 Å². The number of nitriles is 1. The predicted molar refractivity (Wildman–Crippen MR) is 44.5 cm³/mol. The first-order valence-corrected chi connectivity index (χ1v) is 4.06. The van der Waals surface area contributed by atoms with Gasteiger partial charge >= 0.3 is 13.0 Å². The molecule has 0 aliphatic rings. The molecule has 1 aromatic carbocycles. The number of ether oxygens (including phenoxy) is 2. The molecule has 0 amide bonds. The highest BCUT2D eigenvalue weighted by molar-refractivity contribution is 5.43. The summed E-state index contributed by atoms with van der Waals surface area (Å²) < 4.78 is 66.7. The van der Waals surface area contributed by atoms with Gasteiger partial charge in [-0.3, -0.25) is 0 Å². The minimum Gasteiger partial charge on any atom is -0.435 e. The van der Waals surface area contributed by atoms with Crippen LogP contribution in [-0.2, 0) is 0 Å². The Balaban J connectivity index is 3.02. The second-order valence-corrected chi connectivity index (χ2v) is 2.73. The van der Waals surface area contributed by atoms with E-state index in [0.29, 0.717) is 6.07 Å². The fraction of sp³-hybridized carbons (Fsp3) is 0.222. The molecule has 0 saturated heterocycles. The summed E-state index contributed by atoms with van der Waals surface area (Å²) >= 11 is 0. The summed E-state index contributed by atoms with van der Waals surface area (Å²) in [5, 5.41) is 8.49. The van der Waals surface area contributed by atoms with Gasteiger partial charge in [0.05, 0.1) is 11.6 Å². The first-order chi connectivity index (χ1) is 7.80. The molecule has 0 aliphatic carbocycles. The normalized spacial score (nSPS) is 11.1. The maximum Gasteiger partial charge on any atom is 0.573 e. The van der Waals surface area contributed by atoms with Gasteiger partial charge in [0, 0.05) is 6.07 Å². The van der Waals surface area contributed by atoms with E-state index in [0.717, 1.165) is 12.1 Å². The van der Waals surface area contributed by atoms with Crippen molar-refractivity contribution in [1.29, 1.82) is 5.26 Å². The Kier molecular flexibility index (Phi) is 3.73. The van der Waals surface area contributed by atoms with Crippen LogP contribution < -0.4 is 9.47 Å². The third-order valence-corrected chi connectivity index (χ3v) is 1.47. The van der Waals surface area contributed by atoms with Gasteiger partial charge in [-0.25, -0.2) is 0 Å². The van der Waals surface area contributed by atoms with E-state index >= 15 is 0 Å². The Labute approximate surface area is 92.0 Å². The molecule has 0 saturated carbocycles. The van der Waals surface area contributed by atoms with Crippen molar-refractivity contribution in [2.45, 2.75) is 13.0 Å². The molecule has 17 heavy (non-hydrogen) atoms. The number of hydrogen-bond acceptors (Lipinski definition) is 3. The highest BCUT2D eigenvalue weighted by Gasteiger charge is 2.31. The molecule has 0 atom stereocenters. The molecule has 1 aromatic rings. The van der Waals surface area contributed by atoms with Crippen LogP contribution in [-0.4, -0.2) is 13.0 Å². The van der Waals surface area contributed by atoms with Crippen LogP contribution in [0.4, 0.5) is 22.0 Å². The second kappa shape index (κ2) is 4.86. The summed E-state index contributed by atoms with van der Waals surface area (Å²) in [6.07, 6.45) is -4.98. The Hall–Kier alpha value is -2.04. The lowest BCUT2D eigenvalue weighted by atomic mass is 10.2.